The zero-order chi connectivity index (χ0) is 11.0. The maximum atomic E-state index is 5.80. The van der Waals surface area contributed by atoms with Crippen molar-refractivity contribution in [3.05, 3.63) is 23.5 Å². The third-order valence-electron chi connectivity index (χ3n) is 3.68. The molecule has 102 valence electrons. The Morgan fingerprint density at radius 2 is 2.11 bits per heavy atom. The lowest BCUT2D eigenvalue weighted by Gasteiger charge is -2.24. The van der Waals surface area contributed by atoms with Crippen LogP contribution in [0.5, 0.6) is 0 Å². The minimum atomic E-state index is 0. The SMILES string of the molecule is Cl.Cl.Clc1ccc(N2CC3CCCNC3C2)cn1. The van der Waals surface area contributed by atoms with E-state index in [1.807, 2.05) is 12.3 Å². The zero-order valence-electron chi connectivity index (χ0n) is 10.0. The third-order valence-corrected chi connectivity index (χ3v) is 3.90. The van der Waals surface area contributed by atoms with Gasteiger partial charge in [-0.25, -0.2) is 4.98 Å². The fraction of sp³-hybridized carbons (Fsp3) is 0.583. The minimum Gasteiger partial charge on any atom is -0.368 e. The number of anilines is 1. The molecule has 0 saturated carbocycles. The van der Waals surface area contributed by atoms with Crippen molar-refractivity contribution in [1.29, 1.82) is 0 Å². The molecule has 0 amide bonds. The van der Waals surface area contributed by atoms with Gasteiger partial charge in [0.15, 0.2) is 0 Å². The van der Waals surface area contributed by atoms with Crippen molar-refractivity contribution >= 4 is 42.1 Å². The lowest BCUT2D eigenvalue weighted by molar-refractivity contribution is 0.340. The summed E-state index contributed by atoms with van der Waals surface area (Å²) in [5, 5.41) is 4.17. The van der Waals surface area contributed by atoms with Gasteiger partial charge >= 0.3 is 0 Å². The van der Waals surface area contributed by atoms with Crippen molar-refractivity contribution in [2.75, 3.05) is 24.5 Å². The molecule has 0 aromatic carbocycles. The summed E-state index contributed by atoms with van der Waals surface area (Å²) >= 11 is 5.80. The highest BCUT2D eigenvalue weighted by molar-refractivity contribution is 6.29. The largest absolute Gasteiger partial charge is 0.368 e. The molecule has 3 heterocycles. The van der Waals surface area contributed by atoms with Crippen molar-refractivity contribution in [3.63, 3.8) is 0 Å². The van der Waals surface area contributed by atoms with Gasteiger partial charge in [-0.2, -0.15) is 0 Å². The van der Waals surface area contributed by atoms with Crippen LogP contribution in [-0.4, -0.2) is 30.7 Å². The molecule has 6 heteroatoms. The molecule has 2 saturated heterocycles. The van der Waals surface area contributed by atoms with E-state index in [1.54, 1.807) is 0 Å². The number of nitrogens with zero attached hydrogens (tertiary/aromatic N) is 2. The van der Waals surface area contributed by atoms with E-state index in [-0.39, 0.29) is 24.8 Å². The lowest BCUT2D eigenvalue weighted by atomic mass is 9.94. The van der Waals surface area contributed by atoms with E-state index >= 15 is 0 Å². The van der Waals surface area contributed by atoms with Gasteiger partial charge in [0.25, 0.3) is 0 Å². The van der Waals surface area contributed by atoms with Gasteiger partial charge in [-0.15, -0.1) is 24.8 Å². The van der Waals surface area contributed by atoms with Crippen molar-refractivity contribution in [1.82, 2.24) is 10.3 Å². The molecule has 0 radical (unpaired) electrons. The van der Waals surface area contributed by atoms with Gasteiger partial charge in [-0.05, 0) is 37.4 Å². The monoisotopic (exact) mass is 309 g/mol. The number of nitrogens with one attached hydrogen (secondary N) is 1. The summed E-state index contributed by atoms with van der Waals surface area (Å²) in [6.07, 6.45) is 4.54. The van der Waals surface area contributed by atoms with Crippen LogP contribution in [0.25, 0.3) is 0 Å². The molecule has 2 fully saturated rings. The highest BCUT2D eigenvalue weighted by Gasteiger charge is 2.34. The van der Waals surface area contributed by atoms with Gasteiger partial charge < -0.3 is 10.2 Å². The predicted octanol–water partition coefficient (Wildman–Crippen LogP) is 2.77. The Balaban J connectivity index is 0.000000810. The van der Waals surface area contributed by atoms with Crippen LogP contribution in [0.3, 0.4) is 0 Å². The molecule has 18 heavy (non-hydrogen) atoms. The van der Waals surface area contributed by atoms with Gasteiger partial charge in [0.1, 0.15) is 5.15 Å². The Bertz CT molecular complexity index is 357. The standard InChI is InChI=1S/C12H16ClN3.2ClH/c13-12-4-3-10(6-15-12)16-7-9-2-1-5-14-11(9)8-16;;/h3-4,6,9,11,14H,1-2,5,7-8H2;2*1H. The number of piperidine rings is 1. The summed E-state index contributed by atoms with van der Waals surface area (Å²) in [7, 11) is 0. The number of hydrogen-bond donors (Lipinski definition) is 1. The maximum absolute atomic E-state index is 5.80. The first-order chi connectivity index (χ1) is 7.83. The van der Waals surface area contributed by atoms with Gasteiger partial charge in [0, 0.05) is 19.1 Å². The van der Waals surface area contributed by atoms with Crippen LogP contribution in [0.1, 0.15) is 12.8 Å². The Morgan fingerprint density at radius 3 is 2.78 bits per heavy atom. The normalized spacial score (nSPS) is 25.9. The molecule has 1 N–H and O–H groups in total. The smallest absolute Gasteiger partial charge is 0.129 e. The zero-order valence-corrected chi connectivity index (χ0v) is 12.4. The van der Waals surface area contributed by atoms with Crippen LogP contribution in [0.2, 0.25) is 5.15 Å². The molecule has 1 aromatic rings. The first-order valence-electron chi connectivity index (χ1n) is 5.93. The van der Waals surface area contributed by atoms with Crippen LogP contribution in [0.15, 0.2) is 18.3 Å². The number of rotatable bonds is 1. The van der Waals surface area contributed by atoms with Crippen molar-refractivity contribution in [3.8, 4) is 0 Å². The Hall–Kier alpha value is -0.220. The van der Waals surface area contributed by atoms with Crippen LogP contribution < -0.4 is 10.2 Å². The number of fused-ring (bicyclic) bond motifs is 1. The maximum Gasteiger partial charge on any atom is 0.129 e. The fourth-order valence-electron chi connectivity index (χ4n) is 2.81. The first-order valence-corrected chi connectivity index (χ1v) is 6.30. The van der Waals surface area contributed by atoms with Crippen LogP contribution >= 0.6 is 36.4 Å². The van der Waals surface area contributed by atoms with Crippen LogP contribution in [0.4, 0.5) is 5.69 Å². The minimum absolute atomic E-state index is 0. The molecule has 0 spiro atoms. The number of aromatic nitrogens is 1. The van der Waals surface area contributed by atoms with E-state index in [0.717, 1.165) is 19.0 Å². The third kappa shape index (κ3) is 3.21. The van der Waals surface area contributed by atoms with E-state index in [2.05, 4.69) is 21.3 Å². The average Bonchev–Trinajstić information content (AvgIpc) is 2.73. The Morgan fingerprint density at radius 1 is 1.28 bits per heavy atom. The predicted molar refractivity (Wildman–Crippen MR) is 80.5 cm³/mol. The van der Waals surface area contributed by atoms with Crippen LogP contribution in [0, 0.1) is 5.92 Å². The average molecular weight is 311 g/mol. The van der Waals surface area contributed by atoms with Crippen LogP contribution in [-0.2, 0) is 0 Å². The molecule has 3 rings (SSSR count). The number of pyridine rings is 1. The first kappa shape index (κ1) is 15.8. The molecule has 0 bridgehead atoms. The summed E-state index contributed by atoms with van der Waals surface area (Å²) in [4.78, 5) is 6.56. The second-order valence-electron chi connectivity index (χ2n) is 4.71. The van der Waals surface area contributed by atoms with Gasteiger partial charge in [-0.3, -0.25) is 0 Å². The van der Waals surface area contributed by atoms with E-state index in [1.165, 1.54) is 25.1 Å². The number of halogens is 3. The van der Waals surface area contributed by atoms with E-state index in [0.29, 0.717) is 11.2 Å². The van der Waals surface area contributed by atoms with Gasteiger partial charge in [0.05, 0.1) is 11.9 Å². The van der Waals surface area contributed by atoms with Gasteiger partial charge in [-0.1, -0.05) is 11.6 Å². The molecule has 2 unspecified atom stereocenters. The van der Waals surface area contributed by atoms with E-state index in [4.69, 9.17) is 11.6 Å². The molecular weight excluding hydrogens is 293 g/mol. The molecule has 2 aliphatic heterocycles. The summed E-state index contributed by atoms with van der Waals surface area (Å²) in [6, 6.07) is 4.60. The fourth-order valence-corrected chi connectivity index (χ4v) is 2.92. The molecule has 1 aromatic heterocycles. The molecular formula is C12H18Cl3N3. The number of hydrogen-bond acceptors (Lipinski definition) is 3. The highest BCUT2D eigenvalue weighted by atomic mass is 35.5. The Labute approximate surface area is 125 Å². The topological polar surface area (TPSA) is 28.2 Å². The van der Waals surface area contributed by atoms with Gasteiger partial charge in [0.2, 0.25) is 0 Å². The van der Waals surface area contributed by atoms with Crippen molar-refractivity contribution in [2.24, 2.45) is 5.92 Å². The second kappa shape index (κ2) is 6.80. The molecule has 0 aliphatic carbocycles. The summed E-state index contributed by atoms with van der Waals surface area (Å²) in [6.45, 7) is 3.43. The Kier molecular flexibility index (Phi) is 5.99. The lowest BCUT2D eigenvalue weighted by Crippen LogP contribution is -2.40. The summed E-state index contributed by atoms with van der Waals surface area (Å²) < 4.78 is 0. The highest BCUT2D eigenvalue weighted by Crippen LogP contribution is 2.28. The summed E-state index contributed by atoms with van der Waals surface area (Å²) in [5.41, 5.74) is 1.20. The van der Waals surface area contributed by atoms with E-state index < -0.39 is 0 Å². The molecule has 3 nitrogen and oxygen atoms in total. The quantitative estimate of drug-likeness (QED) is 0.809. The van der Waals surface area contributed by atoms with Crippen molar-refractivity contribution in [2.45, 2.75) is 18.9 Å². The summed E-state index contributed by atoms with van der Waals surface area (Å²) in [5.74, 6) is 0.810. The molecule has 2 atom stereocenters. The van der Waals surface area contributed by atoms with E-state index in [9.17, 15) is 0 Å². The van der Waals surface area contributed by atoms with Crippen molar-refractivity contribution < 1.29 is 0 Å². The molecule has 2 aliphatic rings. The second-order valence-corrected chi connectivity index (χ2v) is 5.09.